The highest BCUT2D eigenvalue weighted by Crippen LogP contribution is 2.25. The molecule has 1 fully saturated rings. The van der Waals surface area contributed by atoms with Crippen molar-refractivity contribution in [1.29, 1.82) is 0 Å². The fraction of sp³-hybridized carbons (Fsp3) is 0.273. The van der Waals surface area contributed by atoms with Crippen LogP contribution in [-0.2, 0) is 0 Å². The molecule has 2 aromatic heterocycles. The first kappa shape index (κ1) is 18.5. The van der Waals surface area contributed by atoms with Crippen molar-refractivity contribution in [3.63, 3.8) is 0 Å². The molecule has 4 rings (SSSR count). The van der Waals surface area contributed by atoms with Crippen molar-refractivity contribution in [3.05, 3.63) is 75.7 Å². The fourth-order valence-corrected chi connectivity index (χ4v) is 4.15. The number of ether oxygens (including phenoxy) is 1. The van der Waals surface area contributed by atoms with E-state index in [9.17, 15) is 9.59 Å². The van der Waals surface area contributed by atoms with Gasteiger partial charge in [-0.2, -0.15) is 0 Å². The average Bonchev–Trinajstić information content (AvgIpc) is 3.22. The van der Waals surface area contributed by atoms with Crippen LogP contribution in [0, 0.1) is 6.92 Å². The SMILES string of the molecule is Cc1cc(OC2CCN(C(=O)c3ccc(-c4cccs4)cc3)CC2)cc(=O)o1. The Kier molecular flexibility index (Phi) is 5.30. The van der Waals surface area contributed by atoms with Crippen LogP contribution in [0.25, 0.3) is 10.4 Å². The Hall–Kier alpha value is -2.86. The molecule has 0 bridgehead atoms. The first-order valence-electron chi connectivity index (χ1n) is 9.30. The summed E-state index contributed by atoms with van der Waals surface area (Å²) in [5, 5.41) is 2.05. The monoisotopic (exact) mass is 395 g/mol. The highest BCUT2D eigenvalue weighted by atomic mass is 32.1. The summed E-state index contributed by atoms with van der Waals surface area (Å²) in [6.45, 7) is 2.99. The van der Waals surface area contributed by atoms with Gasteiger partial charge in [0, 0.05) is 42.4 Å². The summed E-state index contributed by atoms with van der Waals surface area (Å²) < 4.78 is 10.9. The summed E-state index contributed by atoms with van der Waals surface area (Å²) in [7, 11) is 0. The normalized spacial score (nSPS) is 14.8. The second-order valence-corrected chi connectivity index (χ2v) is 7.83. The second-order valence-electron chi connectivity index (χ2n) is 6.89. The van der Waals surface area contributed by atoms with Crippen molar-refractivity contribution in [3.8, 4) is 16.2 Å². The minimum Gasteiger partial charge on any atom is -0.490 e. The molecule has 3 aromatic rings. The van der Waals surface area contributed by atoms with E-state index in [1.165, 1.54) is 10.9 Å². The van der Waals surface area contributed by atoms with Crippen LogP contribution in [0.15, 0.2) is 63.1 Å². The second kappa shape index (κ2) is 8.02. The van der Waals surface area contributed by atoms with Gasteiger partial charge in [-0.1, -0.05) is 18.2 Å². The van der Waals surface area contributed by atoms with E-state index < -0.39 is 5.63 Å². The van der Waals surface area contributed by atoms with Crippen LogP contribution in [0.2, 0.25) is 0 Å². The summed E-state index contributed by atoms with van der Waals surface area (Å²) in [6.07, 6.45) is 1.46. The van der Waals surface area contributed by atoms with Gasteiger partial charge < -0.3 is 14.1 Å². The molecule has 28 heavy (non-hydrogen) atoms. The van der Waals surface area contributed by atoms with E-state index >= 15 is 0 Å². The number of piperidine rings is 1. The smallest absolute Gasteiger partial charge is 0.339 e. The zero-order chi connectivity index (χ0) is 19.5. The van der Waals surface area contributed by atoms with Gasteiger partial charge in [-0.3, -0.25) is 4.79 Å². The molecule has 1 aromatic carbocycles. The molecular formula is C22H21NO4S. The lowest BCUT2D eigenvalue weighted by Crippen LogP contribution is -2.41. The number of amides is 1. The molecular weight excluding hydrogens is 374 g/mol. The lowest BCUT2D eigenvalue weighted by atomic mass is 10.0. The van der Waals surface area contributed by atoms with E-state index in [-0.39, 0.29) is 12.0 Å². The van der Waals surface area contributed by atoms with Gasteiger partial charge in [0.2, 0.25) is 0 Å². The highest BCUT2D eigenvalue weighted by molar-refractivity contribution is 7.13. The summed E-state index contributed by atoms with van der Waals surface area (Å²) in [6, 6.07) is 15.0. The fourth-order valence-electron chi connectivity index (χ4n) is 3.42. The van der Waals surface area contributed by atoms with Crippen LogP contribution in [0.5, 0.6) is 5.75 Å². The topological polar surface area (TPSA) is 59.8 Å². The number of carbonyl (C=O) groups is 1. The van der Waals surface area contributed by atoms with Crippen LogP contribution in [0.3, 0.4) is 0 Å². The predicted octanol–water partition coefficient (Wildman–Crippen LogP) is 4.36. The Morgan fingerprint density at radius 2 is 1.89 bits per heavy atom. The number of hydrogen-bond acceptors (Lipinski definition) is 5. The molecule has 1 aliphatic rings. The summed E-state index contributed by atoms with van der Waals surface area (Å²) in [5.41, 5.74) is 1.42. The van der Waals surface area contributed by atoms with Crippen LogP contribution < -0.4 is 10.4 Å². The Morgan fingerprint density at radius 3 is 2.54 bits per heavy atom. The molecule has 1 aliphatic heterocycles. The van der Waals surface area contributed by atoms with Gasteiger partial charge in [-0.25, -0.2) is 4.79 Å². The molecule has 0 atom stereocenters. The van der Waals surface area contributed by atoms with E-state index in [1.54, 1.807) is 24.3 Å². The standard InChI is InChI=1S/C22H21NO4S/c1-15-13-19(14-21(24)26-15)27-18-8-10-23(11-9-18)22(25)17-6-4-16(5-7-17)20-3-2-12-28-20/h2-7,12-14,18H,8-11H2,1H3. The number of benzene rings is 1. The number of aryl methyl sites for hydroxylation is 1. The Labute approximate surface area is 167 Å². The molecule has 0 radical (unpaired) electrons. The Balaban J connectivity index is 1.35. The van der Waals surface area contributed by atoms with Crippen molar-refractivity contribution in [2.24, 2.45) is 0 Å². The minimum atomic E-state index is -0.409. The lowest BCUT2D eigenvalue weighted by molar-refractivity contribution is 0.0594. The zero-order valence-electron chi connectivity index (χ0n) is 15.6. The van der Waals surface area contributed by atoms with Crippen LogP contribution >= 0.6 is 11.3 Å². The van der Waals surface area contributed by atoms with E-state index in [4.69, 9.17) is 9.15 Å². The quantitative estimate of drug-likeness (QED) is 0.659. The van der Waals surface area contributed by atoms with Gasteiger partial charge in [0.1, 0.15) is 17.6 Å². The maximum Gasteiger partial charge on any atom is 0.339 e. The Morgan fingerprint density at radius 1 is 1.14 bits per heavy atom. The van der Waals surface area contributed by atoms with Gasteiger partial charge in [0.15, 0.2) is 0 Å². The maximum atomic E-state index is 12.8. The minimum absolute atomic E-state index is 0.00791. The first-order chi connectivity index (χ1) is 13.6. The number of rotatable bonds is 4. The van der Waals surface area contributed by atoms with Crippen molar-refractivity contribution in [2.45, 2.75) is 25.9 Å². The van der Waals surface area contributed by atoms with Crippen molar-refractivity contribution < 1.29 is 13.9 Å². The van der Waals surface area contributed by atoms with E-state index in [2.05, 4.69) is 6.07 Å². The molecule has 1 saturated heterocycles. The molecule has 3 heterocycles. The van der Waals surface area contributed by atoms with Crippen molar-refractivity contribution in [1.82, 2.24) is 4.90 Å². The number of likely N-dealkylation sites (tertiary alicyclic amines) is 1. The summed E-state index contributed by atoms with van der Waals surface area (Å²) >= 11 is 1.69. The molecule has 1 amide bonds. The van der Waals surface area contributed by atoms with Gasteiger partial charge in [0.05, 0.1) is 6.07 Å². The molecule has 0 unspecified atom stereocenters. The number of thiophene rings is 1. The molecule has 5 nitrogen and oxygen atoms in total. The van der Waals surface area contributed by atoms with Crippen LogP contribution in [-0.4, -0.2) is 30.0 Å². The van der Waals surface area contributed by atoms with Crippen molar-refractivity contribution in [2.75, 3.05) is 13.1 Å². The third-order valence-electron chi connectivity index (χ3n) is 4.84. The first-order valence-corrected chi connectivity index (χ1v) is 10.2. The van der Waals surface area contributed by atoms with Gasteiger partial charge in [-0.15, -0.1) is 11.3 Å². The van der Waals surface area contributed by atoms with Gasteiger partial charge >= 0.3 is 5.63 Å². The summed E-state index contributed by atoms with van der Waals surface area (Å²) in [5.74, 6) is 1.11. The molecule has 6 heteroatoms. The van der Waals surface area contributed by atoms with Gasteiger partial charge in [-0.05, 0) is 36.1 Å². The largest absolute Gasteiger partial charge is 0.490 e. The maximum absolute atomic E-state index is 12.8. The number of nitrogens with zero attached hydrogens (tertiary/aromatic N) is 1. The lowest BCUT2D eigenvalue weighted by Gasteiger charge is -2.32. The highest BCUT2D eigenvalue weighted by Gasteiger charge is 2.25. The number of hydrogen-bond donors (Lipinski definition) is 0. The van der Waals surface area contributed by atoms with E-state index in [0.29, 0.717) is 30.2 Å². The third kappa shape index (κ3) is 4.17. The van der Waals surface area contributed by atoms with E-state index in [1.807, 2.05) is 40.6 Å². The number of carbonyl (C=O) groups excluding carboxylic acids is 1. The zero-order valence-corrected chi connectivity index (χ0v) is 16.4. The Bertz CT molecular complexity index is 1000. The molecule has 0 spiro atoms. The van der Waals surface area contributed by atoms with Gasteiger partial charge in [0.25, 0.3) is 5.91 Å². The predicted molar refractivity (Wildman–Crippen MR) is 109 cm³/mol. The molecule has 144 valence electrons. The molecule has 0 N–H and O–H groups in total. The van der Waals surface area contributed by atoms with E-state index in [0.717, 1.165) is 18.4 Å². The van der Waals surface area contributed by atoms with Crippen molar-refractivity contribution >= 4 is 17.2 Å². The average molecular weight is 395 g/mol. The summed E-state index contributed by atoms with van der Waals surface area (Å²) in [4.78, 5) is 27.3. The third-order valence-corrected chi connectivity index (χ3v) is 5.76. The molecule has 0 aliphatic carbocycles. The van der Waals surface area contributed by atoms with Crippen LogP contribution in [0.4, 0.5) is 0 Å². The molecule has 0 saturated carbocycles. The van der Waals surface area contributed by atoms with Crippen LogP contribution in [0.1, 0.15) is 29.0 Å².